The number of rotatable bonds is 6. The van der Waals surface area contributed by atoms with Crippen molar-refractivity contribution < 1.29 is 0 Å². The summed E-state index contributed by atoms with van der Waals surface area (Å²) in [6, 6.07) is 7.84. The number of halogens is 1. The Hall–Kier alpha value is -1.11. The molecule has 1 unspecified atom stereocenters. The summed E-state index contributed by atoms with van der Waals surface area (Å²) in [7, 11) is 0. The van der Waals surface area contributed by atoms with E-state index in [0.717, 1.165) is 22.3 Å². The number of benzene rings is 1. The molecule has 1 aromatic heterocycles. The minimum Gasteiger partial charge on any atom is -0.310 e. The van der Waals surface area contributed by atoms with Crippen LogP contribution in [-0.2, 0) is 0 Å². The van der Waals surface area contributed by atoms with Crippen LogP contribution in [0.2, 0.25) is 0 Å². The van der Waals surface area contributed by atoms with Gasteiger partial charge in [0.1, 0.15) is 0 Å². The summed E-state index contributed by atoms with van der Waals surface area (Å²) in [6.07, 6.45) is 2.62. The van der Waals surface area contributed by atoms with Crippen LogP contribution < -0.4 is 10.9 Å². The summed E-state index contributed by atoms with van der Waals surface area (Å²) >= 11 is 4.97. The molecule has 4 nitrogen and oxygen atoms in total. The van der Waals surface area contributed by atoms with E-state index in [2.05, 4.69) is 57.2 Å². The van der Waals surface area contributed by atoms with Gasteiger partial charge >= 0.3 is 0 Å². The molecule has 0 bridgehead atoms. The third-order valence-corrected chi connectivity index (χ3v) is 4.46. The minimum absolute atomic E-state index is 0.138. The van der Waals surface area contributed by atoms with E-state index in [0.29, 0.717) is 5.16 Å². The van der Waals surface area contributed by atoms with E-state index in [1.807, 2.05) is 6.07 Å². The lowest BCUT2D eigenvalue weighted by molar-refractivity contribution is 0.563. The van der Waals surface area contributed by atoms with Crippen LogP contribution in [0.1, 0.15) is 31.9 Å². The molecule has 0 saturated heterocycles. The van der Waals surface area contributed by atoms with Crippen molar-refractivity contribution in [1.82, 2.24) is 15.3 Å². The highest BCUT2D eigenvalue weighted by Gasteiger charge is 2.12. The average molecular weight is 368 g/mol. The first-order valence-corrected chi connectivity index (χ1v) is 8.47. The normalized spacial score (nSPS) is 12.3. The molecule has 0 fully saturated rings. The SMILES string of the molecule is CCCNC(C)c1ccc(Br)cc1Sc1nccc(=O)[nH]1. The molecule has 0 spiro atoms. The molecule has 1 heterocycles. The van der Waals surface area contributed by atoms with Crippen LogP contribution in [0.25, 0.3) is 0 Å². The predicted octanol–water partition coefficient (Wildman–Crippen LogP) is 3.74. The average Bonchev–Trinajstić information content (AvgIpc) is 2.45. The highest BCUT2D eigenvalue weighted by Crippen LogP contribution is 2.33. The van der Waals surface area contributed by atoms with Gasteiger partial charge in [0.25, 0.3) is 5.56 Å². The molecule has 0 saturated carbocycles. The predicted molar refractivity (Wildman–Crippen MR) is 89.8 cm³/mol. The second-order valence-corrected chi connectivity index (χ2v) is 6.65. The van der Waals surface area contributed by atoms with Gasteiger partial charge in [-0.3, -0.25) is 4.79 Å². The number of aromatic amines is 1. The van der Waals surface area contributed by atoms with Crippen LogP contribution in [0, 0.1) is 0 Å². The molecular weight excluding hydrogens is 350 g/mol. The van der Waals surface area contributed by atoms with Crippen molar-refractivity contribution in [3.63, 3.8) is 0 Å². The van der Waals surface area contributed by atoms with Gasteiger partial charge < -0.3 is 10.3 Å². The molecule has 0 aliphatic heterocycles. The van der Waals surface area contributed by atoms with Gasteiger partial charge in [0.15, 0.2) is 5.16 Å². The molecule has 2 rings (SSSR count). The van der Waals surface area contributed by atoms with E-state index in [1.54, 1.807) is 0 Å². The molecule has 2 N–H and O–H groups in total. The number of aromatic nitrogens is 2. The molecular formula is C15H18BrN3OS. The zero-order valence-corrected chi connectivity index (χ0v) is 14.4. The van der Waals surface area contributed by atoms with Crippen LogP contribution in [0.5, 0.6) is 0 Å². The zero-order valence-electron chi connectivity index (χ0n) is 12.0. The fraction of sp³-hybridized carbons (Fsp3) is 0.333. The van der Waals surface area contributed by atoms with Gasteiger partial charge in [0.05, 0.1) is 0 Å². The minimum atomic E-state index is -0.138. The van der Waals surface area contributed by atoms with Crippen molar-refractivity contribution in [1.29, 1.82) is 0 Å². The maximum Gasteiger partial charge on any atom is 0.251 e. The molecule has 112 valence electrons. The van der Waals surface area contributed by atoms with E-state index in [4.69, 9.17) is 0 Å². The first-order chi connectivity index (χ1) is 10.1. The molecule has 6 heteroatoms. The maximum absolute atomic E-state index is 11.4. The van der Waals surface area contributed by atoms with E-state index in [9.17, 15) is 4.79 Å². The first kappa shape index (κ1) is 16.3. The summed E-state index contributed by atoms with van der Waals surface area (Å²) in [6.45, 7) is 5.27. The van der Waals surface area contributed by atoms with Crippen LogP contribution in [0.4, 0.5) is 0 Å². The van der Waals surface area contributed by atoms with Gasteiger partial charge in [-0.1, -0.05) is 40.7 Å². The summed E-state index contributed by atoms with van der Waals surface area (Å²) in [4.78, 5) is 19.4. The summed E-state index contributed by atoms with van der Waals surface area (Å²) in [5.74, 6) is 0. The Labute approximate surface area is 136 Å². The second kappa shape index (κ2) is 7.77. The van der Waals surface area contributed by atoms with Gasteiger partial charge in [0.2, 0.25) is 0 Å². The molecule has 0 amide bonds. The van der Waals surface area contributed by atoms with Crippen molar-refractivity contribution in [2.24, 2.45) is 0 Å². The highest BCUT2D eigenvalue weighted by atomic mass is 79.9. The van der Waals surface area contributed by atoms with Crippen molar-refractivity contribution in [3.8, 4) is 0 Å². The number of hydrogen-bond acceptors (Lipinski definition) is 4. The van der Waals surface area contributed by atoms with Crippen LogP contribution in [0.15, 0.2) is 49.8 Å². The van der Waals surface area contributed by atoms with Gasteiger partial charge in [0, 0.05) is 27.7 Å². The Morgan fingerprint density at radius 2 is 2.24 bits per heavy atom. The third-order valence-electron chi connectivity index (χ3n) is 3.00. The smallest absolute Gasteiger partial charge is 0.251 e. The van der Waals surface area contributed by atoms with E-state index in [1.165, 1.54) is 29.6 Å². The Morgan fingerprint density at radius 3 is 2.95 bits per heavy atom. The van der Waals surface area contributed by atoms with E-state index < -0.39 is 0 Å². The van der Waals surface area contributed by atoms with Crippen LogP contribution in [-0.4, -0.2) is 16.5 Å². The lowest BCUT2D eigenvalue weighted by atomic mass is 10.1. The van der Waals surface area contributed by atoms with Crippen LogP contribution in [0.3, 0.4) is 0 Å². The number of hydrogen-bond donors (Lipinski definition) is 2. The largest absolute Gasteiger partial charge is 0.310 e. The monoisotopic (exact) mass is 367 g/mol. The van der Waals surface area contributed by atoms with Crippen LogP contribution >= 0.6 is 27.7 Å². The molecule has 21 heavy (non-hydrogen) atoms. The summed E-state index contributed by atoms with van der Waals surface area (Å²) in [5, 5.41) is 4.09. The van der Waals surface area contributed by atoms with Crippen molar-refractivity contribution in [3.05, 3.63) is 50.9 Å². The molecule has 0 aliphatic carbocycles. The lowest BCUT2D eigenvalue weighted by Gasteiger charge is -2.17. The zero-order chi connectivity index (χ0) is 15.2. The van der Waals surface area contributed by atoms with Crippen molar-refractivity contribution in [2.45, 2.75) is 36.4 Å². The number of nitrogens with zero attached hydrogens (tertiary/aromatic N) is 1. The second-order valence-electron chi connectivity index (χ2n) is 4.70. The molecule has 0 aliphatic rings. The van der Waals surface area contributed by atoms with Crippen molar-refractivity contribution >= 4 is 27.7 Å². The number of H-pyrrole nitrogens is 1. The molecule has 2 aromatic rings. The maximum atomic E-state index is 11.4. The summed E-state index contributed by atoms with van der Waals surface area (Å²) < 4.78 is 1.01. The quantitative estimate of drug-likeness (QED) is 0.763. The van der Waals surface area contributed by atoms with E-state index in [-0.39, 0.29) is 11.6 Å². The lowest BCUT2D eigenvalue weighted by Crippen LogP contribution is -2.19. The molecule has 0 radical (unpaired) electrons. The highest BCUT2D eigenvalue weighted by molar-refractivity contribution is 9.10. The standard InChI is InChI=1S/C15H18BrN3OS/c1-3-7-17-10(2)12-5-4-11(16)9-13(12)21-15-18-8-6-14(20)19-15/h4-6,8-10,17H,3,7H2,1-2H3,(H,18,19,20). The molecule has 1 aromatic carbocycles. The fourth-order valence-corrected chi connectivity index (χ4v) is 3.47. The Bertz CT molecular complexity index is 659. The van der Waals surface area contributed by atoms with Gasteiger partial charge in [-0.05, 0) is 37.6 Å². The topological polar surface area (TPSA) is 57.8 Å². The number of nitrogens with one attached hydrogen (secondary N) is 2. The Morgan fingerprint density at radius 1 is 1.43 bits per heavy atom. The van der Waals surface area contributed by atoms with Gasteiger partial charge in [-0.25, -0.2) is 4.98 Å². The third kappa shape index (κ3) is 4.69. The van der Waals surface area contributed by atoms with E-state index >= 15 is 0 Å². The fourth-order valence-electron chi connectivity index (χ4n) is 1.93. The van der Waals surface area contributed by atoms with Gasteiger partial charge in [-0.2, -0.15) is 0 Å². The van der Waals surface area contributed by atoms with Crippen molar-refractivity contribution in [2.75, 3.05) is 6.54 Å². The Kier molecular flexibility index (Phi) is 6.02. The first-order valence-electron chi connectivity index (χ1n) is 6.86. The Balaban J connectivity index is 2.28. The summed E-state index contributed by atoms with van der Waals surface area (Å²) in [5.41, 5.74) is 1.06. The molecule has 1 atom stereocenters. The van der Waals surface area contributed by atoms with Gasteiger partial charge in [-0.15, -0.1) is 0 Å².